The number of hydrogen-bond donors (Lipinski definition) is 0. The number of amides is 2. The number of hydrogen-bond acceptors (Lipinski definition) is 4. The van der Waals surface area contributed by atoms with Crippen LogP contribution in [0.4, 0.5) is 0 Å². The highest BCUT2D eigenvalue weighted by Crippen LogP contribution is 2.26. The molecule has 0 radical (unpaired) electrons. The first-order valence-corrected chi connectivity index (χ1v) is 9.07. The van der Waals surface area contributed by atoms with Crippen LogP contribution in [0.3, 0.4) is 0 Å². The Morgan fingerprint density at radius 2 is 1.76 bits per heavy atom. The minimum atomic E-state index is -3.42. The molecule has 2 saturated heterocycles. The van der Waals surface area contributed by atoms with Crippen LogP contribution in [0.2, 0.25) is 0 Å². The zero-order chi connectivity index (χ0) is 15.8. The Morgan fingerprint density at radius 3 is 2.29 bits per heavy atom. The van der Waals surface area contributed by atoms with Crippen molar-refractivity contribution in [1.82, 2.24) is 9.21 Å². The van der Waals surface area contributed by atoms with E-state index >= 15 is 0 Å². The predicted octanol–water partition coefficient (Wildman–Crippen LogP) is 0.833. The van der Waals surface area contributed by atoms with Crippen LogP contribution in [0.15, 0.2) is 0 Å². The molecule has 2 heterocycles. The van der Waals surface area contributed by atoms with Crippen molar-refractivity contribution in [3.05, 3.63) is 0 Å². The van der Waals surface area contributed by atoms with E-state index in [2.05, 4.69) is 0 Å². The summed E-state index contributed by atoms with van der Waals surface area (Å²) in [5.74, 6) is -0.656. The number of carbonyl (C=O) groups is 2. The van der Waals surface area contributed by atoms with Crippen molar-refractivity contribution in [2.45, 2.75) is 40.0 Å². The third kappa shape index (κ3) is 3.39. The minimum Gasteiger partial charge on any atom is -0.341 e. The fourth-order valence-corrected chi connectivity index (χ4v) is 4.47. The van der Waals surface area contributed by atoms with Crippen LogP contribution in [0.25, 0.3) is 0 Å². The number of likely N-dealkylation sites (tertiary alicyclic amines) is 1. The Labute approximate surface area is 126 Å². The summed E-state index contributed by atoms with van der Waals surface area (Å²) in [6, 6.07) is 0. The van der Waals surface area contributed by atoms with Gasteiger partial charge in [-0.15, -0.1) is 0 Å². The van der Waals surface area contributed by atoms with Gasteiger partial charge in [0.1, 0.15) is 0 Å². The number of piperidine rings is 1. The molecule has 0 spiro atoms. The van der Waals surface area contributed by atoms with Gasteiger partial charge >= 0.3 is 0 Å². The number of carbonyl (C=O) groups excluding carboxylic acids is 2. The molecule has 7 heteroatoms. The summed E-state index contributed by atoms with van der Waals surface area (Å²) in [6.45, 7) is 6.82. The first-order valence-electron chi connectivity index (χ1n) is 7.46. The van der Waals surface area contributed by atoms with E-state index in [1.54, 1.807) is 4.90 Å². The molecule has 2 aliphatic heterocycles. The minimum absolute atomic E-state index is 0.0179. The molecule has 0 aliphatic carbocycles. The first kappa shape index (κ1) is 16.3. The van der Waals surface area contributed by atoms with Crippen molar-refractivity contribution < 1.29 is 18.0 Å². The van der Waals surface area contributed by atoms with E-state index in [9.17, 15) is 18.0 Å². The van der Waals surface area contributed by atoms with E-state index in [-0.39, 0.29) is 24.1 Å². The Morgan fingerprint density at radius 1 is 1.10 bits per heavy atom. The quantitative estimate of drug-likeness (QED) is 0.718. The third-order valence-electron chi connectivity index (χ3n) is 4.04. The first-order chi connectivity index (χ1) is 9.63. The summed E-state index contributed by atoms with van der Waals surface area (Å²) < 4.78 is 24.7. The largest absolute Gasteiger partial charge is 0.341 e. The molecule has 1 atom stereocenters. The highest BCUT2D eigenvalue weighted by Gasteiger charge is 2.39. The van der Waals surface area contributed by atoms with Crippen molar-refractivity contribution in [3.8, 4) is 0 Å². The van der Waals surface area contributed by atoms with Crippen molar-refractivity contribution in [2.75, 3.05) is 25.4 Å². The van der Waals surface area contributed by atoms with Gasteiger partial charge in [0.25, 0.3) is 0 Å². The van der Waals surface area contributed by atoms with Crippen molar-refractivity contribution in [2.24, 2.45) is 11.3 Å². The second-order valence-corrected chi connectivity index (χ2v) is 8.93. The molecule has 2 aliphatic rings. The summed E-state index contributed by atoms with van der Waals surface area (Å²) >= 11 is 0. The Bertz CT molecular complexity index is 536. The number of nitrogens with zero attached hydrogens (tertiary/aromatic N) is 2. The van der Waals surface area contributed by atoms with Gasteiger partial charge in [-0.05, 0) is 19.3 Å². The maximum Gasteiger partial charge on any atom is 0.240 e. The fourth-order valence-electron chi connectivity index (χ4n) is 2.93. The van der Waals surface area contributed by atoms with Gasteiger partial charge in [0.2, 0.25) is 21.8 Å². The molecular weight excluding hydrogens is 292 g/mol. The average Bonchev–Trinajstić information content (AvgIpc) is 2.75. The standard InChI is InChI=1S/C14H24N2O4S/c1-14(2,3)13(18)15-7-4-6-11(10-15)12(17)16-8-5-9-21(16,19)20/h11H,4-10H2,1-3H3/t11-/m1/s1. The monoisotopic (exact) mass is 316 g/mol. The smallest absolute Gasteiger partial charge is 0.240 e. The second kappa shape index (κ2) is 5.59. The Balaban J connectivity index is 2.08. The molecule has 0 aromatic rings. The van der Waals surface area contributed by atoms with Gasteiger partial charge in [-0.25, -0.2) is 12.7 Å². The molecule has 0 aromatic heterocycles. The van der Waals surface area contributed by atoms with E-state index in [4.69, 9.17) is 0 Å². The van der Waals surface area contributed by atoms with E-state index < -0.39 is 21.4 Å². The van der Waals surface area contributed by atoms with Crippen LogP contribution in [-0.2, 0) is 19.6 Å². The normalized spacial score (nSPS) is 26.0. The zero-order valence-electron chi connectivity index (χ0n) is 13.0. The van der Waals surface area contributed by atoms with Crippen LogP contribution >= 0.6 is 0 Å². The molecule has 120 valence electrons. The highest BCUT2D eigenvalue weighted by atomic mass is 32.2. The van der Waals surface area contributed by atoms with Gasteiger partial charge in [-0.2, -0.15) is 0 Å². The van der Waals surface area contributed by atoms with Crippen LogP contribution < -0.4 is 0 Å². The average molecular weight is 316 g/mol. The zero-order valence-corrected chi connectivity index (χ0v) is 13.8. The summed E-state index contributed by atoms with van der Waals surface area (Å²) in [7, 11) is -3.42. The van der Waals surface area contributed by atoms with Crippen molar-refractivity contribution in [3.63, 3.8) is 0 Å². The van der Waals surface area contributed by atoms with Gasteiger partial charge in [0.15, 0.2) is 0 Å². The number of rotatable bonds is 1. The maximum atomic E-state index is 12.4. The van der Waals surface area contributed by atoms with Gasteiger partial charge < -0.3 is 4.90 Å². The lowest BCUT2D eigenvalue weighted by Crippen LogP contribution is -2.49. The van der Waals surface area contributed by atoms with Gasteiger partial charge in [-0.3, -0.25) is 9.59 Å². The molecule has 0 N–H and O–H groups in total. The molecule has 2 amide bonds. The maximum absolute atomic E-state index is 12.4. The lowest BCUT2D eigenvalue weighted by Gasteiger charge is -2.36. The SMILES string of the molecule is CC(C)(C)C(=O)N1CCC[C@@H](C(=O)N2CCCS2(=O)=O)C1. The Hall–Kier alpha value is -1.11. The molecule has 0 bridgehead atoms. The van der Waals surface area contributed by atoms with E-state index in [1.165, 1.54) is 0 Å². The van der Waals surface area contributed by atoms with E-state index in [1.807, 2.05) is 20.8 Å². The Kier molecular flexibility index (Phi) is 4.33. The van der Waals surface area contributed by atoms with Gasteiger partial charge in [-0.1, -0.05) is 20.8 Å². The van der Waals surface area contributed by atoms with E-state index in [0.717, 1.165) is 10.7 Å². The lowest BCUT2D eigenvalue weighted by molar-refractivity contribution is -0.143. The van der Waals surface area contributed by atoms with Crippen molar-refractivity contribution in [1.29, 1.82) is 0 Å². The topological polar surface area (TPSA) is 74.8 Å². The van der Waals surface area contributed by atoms with Crippen LogP contribution in [-0.4, -0.2) is 54.8 Å². The highest BCUT2D eigenvalue weighted by molar-refractivity contribution is 7.89. The lowest BCUT2D eigenvalue weighted by atomic mass is 9.91. The van der Waals surface area contributed by atoms with Gasteiger partial charge in [0, 0.05) is 25.0 Å². The molecule has 6 nitrogen and oxygen atoms in total. The molecular formula is C14H24N2O4S. The molecule has 21 heavy (non-hydrogen) atoms. The predicted molar refractivity (Wildman–Crippen MR) is 78.9 cm³/mol. The molecule has 0 saturated carbocycles. The summed E-state index contributed by atoms with van der Waals surface area (Å²) in [5, 5.41) is 0. The fraction of sp³-hybridized carbons (Fsp3) is 0.857. The summed E-state index contributed by atoms with van der Waals surface area (Å²) in [4.78, 5) is 26.5. The molecule has 0 unspecified atom stereocenters. The molecule has 0 aromatic carbocycles. The summed E-state index contributed by atoms with van der Waals surface area (Å²) in [5.41, 5.74) is -0.481. The van der Waals surface area contributed by atoms with Gasteiger partial charge in [0.05, 0.1) is 11.7 Å². The molecule has 2 rings (SSSR count). The second-order valence-electron chi connectivity index (χ2n) is 6.92. The van der Waals surface area contributed by atoms with Crippen LogP contribution in [0, 0.1) is 11.3 Å². The number of sulfonamides is 1. The molecule has 2 fully saturated rings. The summed E-state index contributed by atoms with van der Waals surface area (Å²) in [6.07, 6.45) is 1.90. The van der Waals surface area contributed by atoms with Crippen LogP contribution in [0.1, 0.15) is 40.0 Å². The van der Waals surface area contributed by atoms with Crippen LogP contribution in [0.5, 0.6) is 0 Å². The van der Waals surface area contributed by atoms with Crippen molar-refractivity contribution >= 4 is 21.8 Å². The van der Waals surface area contributed by atoms with E-state index in [0.29, 0.717) is 25.9 Å². The third-order valence-corrected chi connectivity index (χ3v) is 5.88.